The van der Waals surface area contributed by atoms with E-state index in [0.29, 0.717) is 6.79 Å². The van der Waals surface area contributed by atoms with Gasteiger partial charge in [-0.25, -0.2) is 0 Å². The third kappa shape index (κ3) is 5.54. The summed E-state index contributed by atoms with van der Waals surface area (Å²) in [7, 11) is 1.89. The highest BCUT2D eigenvalue weighted by molar-refractivity contribution is 5.79. The van der Waals surface area contributed by atoms with Crippen LogP contribution in [0.1, 0.15) is 31.2 Å². The van der Waals surface area contributed by atoms with E-state index in [1.54, 1.807) is 0 Å². The normalized spacial score (nSPS) is 20.4. The molecule has 3 aliphatic rings. The molecular weight excluding hydrogens is 366 g/mol. The van der Waals surface area contributed by atoms with Crippen molar-refractivity contribution in [3.8, 4) is 11.5 Å². The van der Waals surface area contributed by atoms with Crippen molar-refractivity contribution < 1.29 is 9.47 Å². The zero-order valence-corrected chi connectivity index (χ0v) is 17.7. The zero-order chi connectivity index (χ0) is 19.9. The molecule has 1 aromatic rings. The molecule has 0 aromatic heterocycles. The summed E-state index contributed by atoms with van der Waals surface area (Å²) >= 11 is 0. The summed E-state index contributed by atoms with van der Waals surface area (Å²) in [4.78, 5) is 12.0. The van der Waals surface area contributed by atoms with Gasteiger partial charge in [0.05, 0.1) is 0 Å². The fraction of sp³-hybridized carbons (Fsp3) is 0.682. The lowest BCUT2D eigenvalue weighted by Crippen LogP contribution is -2.52. The van der Waals surface area contributed by atoms with Crippen LogP contribution in [0.2, 0.25) is 0 Å². The van der Waals surface area contributed by atoms with Crippen molar-refractivity contribution in [2.75, 3.05) is 66.2 Å². The Balaban J connectivity index is 1.15. The Labute approximate surface area is 174 Å². The molecule has 0 unspecified atom stereocenters. The van der Waals surface area contributed by atoms with E-state index in [2.05, 4.69) is 37.1 Å². The van der Waals surface area contributed by atoms with Crippen LogP contribution in [0.3, 0.4) is 0 Å². The van der Waals surface area contributed by atoms with Crippen LogP contribution in [0, 0.1) is 0 Å². The fourth-order valence-electron chi connectivity index (χ4n) is 4.41. The summed E-state index contributed by atoms with van der Waals surface area (Å²) in [5, 5.41) is 3.57. The van der Waals surface area contributed by atoms with Crippen LogP contribution < -0.4 is 14.8 Å². The van der Waals surface area contributed by atoms with Crippen LogP contribution in [-0.2, 0) is 6.54 Å². The van der Waals surface area contributed by atoms with Crippen molar-refractivity contribution in [3.05, 3.63) is 23.8 Å². The molecule has 2 fully saturated rings. The average Bonchev–Trinajstić information content (AvgIpc) is 3.43. The second kappa shape index (κ2) is 10.2. The van der Waals surface area contributed by atoms with Crippen LogP contribution in [0.4, 0.5) is 0 Å². The highest BCUT2D eigenvalue weighted by Gasteiger charge is 2.21. The van der Waals surface area contributed by atoms with Gasteiger partial charge in [0, 0.05) is 46.3 Å². The molecule has 0 spiro atoms. The van der Waals surface area contributed by atoms with Crippen molar-refractivity contribution in [2.45, 2.75) is 32.2 Å². The highest BCUT2D eigenvalue weighted by atomic mass is 16.7. The number of aliphatic imine (C=N–C) groups is 1. The van der Waals surface area contributed by atoms with Gasteiger partial charge in [-0.3, -0.25) is 9.89 Å². The third-order valence-corrected chi connectivity index (χ3v) is 6.11. The maximum atomic E-state index is 5.50. The lowest BCUT2D eigenvalue weighted by atomic mass is 10.1. The van der Waals surface area contributed by atoms with Gasteiger partial charge in [0.15, 0.2) is 17.5 Å². The zero-order valence-electron chi connectivity index (χ0n) is 17.7. The number of ether oxygens (including phenoxy) is 2. The van der Waals surface area contributed by atoms with Crippen molar-refractivity contribution in [1.82, 2.24) is 20.0 Å². The molecule has 0 bridgehead atoms. The van der Waals surface area contributed by atoms with Crippen LogP contribution in [-0.4, -0.2) is 86.9 Å². The van der Waals surface area contributed by atoms with Gasteiger partial charge in [0.1, 0.15) is 0 Å². The Hall–Kier alpha value is -1.99. The van der Waals surface area contributed by atoms with E-state index in [1.807, 2.05) is 13.1 Å². The standard InChI is InChI=1S/C22H35N5O2/c1-23-22(24-8-2-3-9-25-10-4-5-11-25)27-14-12-26(13-15-27)17-19-6-7-20-21(16-19)29-18-28-20/h6-7,16H,2-5,8-15,17-18H2,1H3,(H,23,24). The van der Waals surface area contributed by atoms with E-state index in [0.717, 1.165) is 56.7 Å². The van der Waals surface area contributed by atoms with Gasteiger partial charge in [0.25, 0.3) is 0 Å². The predicted molar refractivity (Wildman–Crippen MR) is 116 cm³/mol. The number of fused-ring (bicyclic) bond motifs is 1. The van der Waals surface area contributed by atoms with E-state index in [-0.39, 0.29) is 0 Å². The van der Waals surface area contributed by atoms with Gasteiger partial charge < -0.3 is 24.6 Å². The van der Waals surface area contributed by atoms with Gasteiger partial charge in [-0.15, -0.1) is 0 Å². The summed E-state index contributed by atoms with van der Waals surface area (Å²) in [6.45, 7) is 10.3. The van der Waals surface area contributed by atoms with Crippen LogP contribution in [0.15, 0.2) is 23.2 Å². The highest BCUT2D eigenvalue weighted by Crippen LogP contribution is 2.32. The molecule has 0 radical (unpaired) electrons. The van der Waals surface area contributed by atoms with Crippen LogP contribution in [0.5, 0.6) is 11.5 Å². The first-order valence-electron chi connectivity index (χ1n) is 11.1. The van der Waals surface area contributed by atoms with Crippen molar-refractivity contribution in [2.24, 2.45) is 4.99 Å². The molecule has 0 aliphatic carbocycles. The van der Waals surface area contributed by atoms with E-state index >= 15 is 0 Å². The monoisotopic (exact) mass is 401 g/mol. The number of likely N-dealkylation sites (tertiary alicyclic amines) is 1. The summed E-state index contributed by atoms with van der Waals surface area (Å²) < 4.78 is 10.9. The molecule has 3 aliphatic heterocycles. The number of rotatable bonds is 7. The molecule has 7 nitrogen and oxygen atoms in total. The number of unbranched alkanes of at least 4 members (excludes halogenated alkanes) is 1. The summed E-state index contributed by atoms with van der Waals surface area (Å²) in [6, 6.07) is 6.27. The smallest absolute Gasteiger partial charge is 0.231 e. The van der Waals surface area contributed by atoms with E-state index < -0.39 is 0 Å². The molecule has 0 atom stereocenters. The molecule has 1 aromatic carbocycles. The quantitative estimate of drug-likeness (QED) is 0.428. The number of benzene rings is 1. The molecule has 29 heavy (non-hydrogen) atoms. The molecule has 0 amide bonds. The van der Waals surface area contributed by atoms with Crippen molar-refractivity contribution in [3.63, 3.8) is 0 Å². The summed E-state index contributed by atoms with van der Waals surface area (Å²) in [5.41, 5.74) is 1.28. The van der Waals surface area contributed by atoms with Crippen molar-refractivity contribution >= 4 is 5.96 Å². The first kappa shape index (κ1) is 20.3. The van der Waals surface area contributed by atoms with E-state index in [4.69, 9.17) is 9.47 Å². The van der Waals surface area contributed by atoms with Crippen LogP contribution in [0.25, 0.3) is 0 Å². The first-order valence-corrected chi connectivity index (χ1v) is 11.1. The molecule has 3 heterocycles. The van der Waals surface area contributed by atoms with Crippen molar-refractivity contribution in [1.29, 1.82) is 0 Å². The van der Waals surface area contributed by atoms with Gasteiger partial charge in [-0.2, -0.15) is 0 Å². The molecule has 160 valence electrons. The molecule has 4 rings (SSSR count). The molecule has 2 saturated heterocycles. The van der Waals surface area contributed by atoms with Crippen LogP contribution >= 0.6 is 0 Å². The second-order valence-electron chi connectivity index (χ2n) is 8.18. The Morgan fingerprint density at radius 1 is 0.966 bits per heavy atom. The minimum atomic E-state index is 0.335. The lowest BCUT2D eigenvalue weighted by Gasteiger charge is -2.36. The maximum Gasteiger partial charge on any atom is 0.231 e. The van der Waals surface area contributed by atoms with E-state index in [1.165, 1.54) is 50.9 Å². The predicted octanol–water partition coefficient (Wildman–Crippen LogP) is 1.98. The number of hydrogen-bond donors (Lipinski definition) is 1. The van der Waals surface area contributed by atoms with Gasteiger partial charge >= 0.3 is 0 Å². The molecule has 7 heteroatoms. The number of hydrogen-bond acceptors (Lipinski definition) is 5. The summed E-state index contributed by atoms with van der Waals surface area (Å²) in [5.74, 6) is 2.78. The Kier molecular flexibility index (Phi) is 7.11. The fourth-order valence-corrected chi connectivity index (χ4v) is 4.41. The van der Waals surface area contributed by atoms with Gasteiger partial charge in [-0.1, -0.05) is 6.07 Å². The maximum absolute atomic E-state index is 5.50. The SMILES string of the molecule is CN=C(NCCCCN1CCCC1)N1CCN(Cc2ccc3c(c2)OCO3)CC1. The number of guanidine groups is 1. The Bertz CT molecular complexity index is 682. The van der Waals surface area contributed by atoms with E-state index in [9.17, 15) is 0 Å². The molecule has 1 N–H and O–H groups in total. The largest absolute Gasteiger partial charge is 0.454 e. The average molecular weight is 402 g/mol. The molecular formula is C22H35N5O2. The number of piperazine rings is 1. The number of nitrogens with zero attached hydrogens (tertiary/aromatic N) is 4. The minimum absolute atomic E-state index is 0.335. The van der Waals surface area contributed by atoms with Gasteiger partial charge in [-0.05, 0) is 63.0 Å². The third-order valence-electron chi connectivity index (χ3n) is 6.11. The number of nitrogens with one attached hydrogen (secondary N) is 1. The lowest BCUT2D eigenvalue weighted by molar-refractivity contribution is 0.171. The van der Waals surface area contributed by atoms with Gasteiger partial charge in [0.2, 0.25) is 6.79 Å². The summed E-state index contributed by atoms with van der Waals surface area (Å²) in [6.07, 6.45) is 5.24. The Morgan fingerprint density at radius 2 is 1.76 bits per heavy atom. The molecule has 0 saturated carbocycles. The second-order valence-corrected chi connectivity index (χ2v) is 8.18. The topological polar surface area (TPSA) is 52.6 Å². The Morgan fingerprint density at radius 3 is 2.55 bits per heavy atom. The minimum Gasteiger partial charge on any atom is -0.454 e. The first-order chi connectivity index (χ1) is 14.3.